The molecule has 1 aromatic heterocycles. The van der Waals surface area contributed by atoms with Crippen molar-refractivity contribution in [2.75, 3.05) is 31.1 Å². The Morgan fingerprint density at radius 3 is 2.77 bits per heavy atom. The van der Waals surface area contributed by atoms with E-state index in [0.717, 1.165) is 76.3 Å². The second-order valence-corrected chi connectivity index (χ2v) is 7.72. The largest absolute Gasteiger partial charge is 0.342 e. The fraction of sp³-hybridized carbons (Fsp3) is 0.619. The average molecular weight is 354 g/mol. The van der Waals surface area contributed by atoms with E-state index < -0.39 is 0 Å². The van der Waals surface area contributed by atoms with Crippen molar-refractivity contribution < 1.29 is 4.79 Å². The Balaban J connectivity index is 1.58. The first-order valence-electron chi connectivity index (χ1n) is 10.3. The van der Waals surface area contributed by atoms with Crippen LogP contribution in [0.2, 0.25) is 0 Å². The van der Waals surface area contributed by atoms with Gasteiger partial charge < -0.3 is 14.4 Å². The number of amides is 1. The fourth-order valence-corrected chi connectivity index (χ4v) is 4.40. The van der Waals surface area contributed by atoms with Crippen LogP contribution in [0.3, 0.4) is 0 Å². The predicted molar refractivity (Wildman–Crippen MR) is 105 cm³/mol. The zero-order chi connectivity index (χ0) is 17.9. The van der Waals surface area contributed by atoms with Crippen molar-refractivity contribution in [3.8, 4) is 0 Å². The summed E-state index contributed by atoms with van der Waals surface area (Å²) in [6.07, 6.45) is 6.73. The third kappa shape index (κ3) is 3.31. The van der Waals surface area contributed by atoms with E-state index in [0.29, 0.717) is 5.91 Å². The number of hydrogen-bond acceptors (Lipinski definition) is 3. The number of anilines is 1. The topological polar surface area (TPSA) is 41.4 Å². The number of carbonyl (C=O) groups excluding carboxylic acids is 1. The molecular weight excluding hydrogens is 324 g/mol. The number of para-hydroxylation sites is 2. The maximum Gasteiger partial charge on any atom is 0.227 e. The minimum absolute atomic E-state index is 0.126. The van der Waals surface area contributed by atoms with Gasteiger partial charge in [-0.3, -0.25) is 4.79 Å². The summed E-state index contributed by atoms with van der Waals surface area (Å²) in [5.74, 6) is 1.54. The van der Waals surface area contributed by atoms with Gasteiger partial charge in [-0.05, 0) is 44.2 Å². The number of hydrogen-bond donors (Lipinski definition) is 0. The Labute approximate surface area is 156 Å². The Morgan fingerprint density at radius 1 is 1.15 bits per heavy atom. The predicted octanol–water partition coefficient (Wildman–Crippen LogP) is 3.68. The third-order valence-electron chi connectivity index (χ3n) is 5.84. The Hall–Kier alpha value is -2.04. The van der Waals surface area contributed by atoms with Crippen LogP contribution in [0, 0.1) is 5.92 Å². The minimum atomic E-state index is 0.126. The number of imidazole rings is 1. The number of fused-ring (bicyclic) bond motifs is 1. The molecule has 26 heavy (non-hydrogen) atoms. The number of carbonyl (C=O) groups is 1. The highest BCUT2D eigenvalue weighted by atomic mass is 16.2. The van der Waals surface area contributed by atoms with Gasteiger partial charge in [0.1, 0.15) is 0 Å². The van der Waals surface area contributed by atoms with Crippen LogP contribution in [-0.4, -0.2) is 46.5 Å². The summed E-state index contributed by atoms with van der Waals surface area (Å²) in [5, 5.41) is 0. The second-order valence-electron chi connectivity index (χ2n) is 7.72. The summed E-state index contributed by atoms with van der Waals surface area (Å²) in [4.78, 5) is 22.3. The minimum Gasteiger partial charge on any atom is -0.342 e. The van der Waals surface area contributed by atoms with Crippen molar-refractivity contribution in [3.05, 3.63) is 24.3 Å². The Kier molecular flexibility index (Phi) is 5.14. The zero-order valence-electron chi connectivity index (χ0n) is 15.9. The first-order chi connectivity index (χ1) is 12.8. The molecule has 4 rings (SSSR count). The molecule has 0 aliphatic carbocycles. The molecule has 0 radical (unpaired) electrons. The van der Waals surface area contributed by atoms with E-state index >= 15 is 0 Å². The summed E-state index contributed by atoms with van der Waals surface area (Å²) in [7, 11) is 0. The molecule has 5 heteroatoms. The summed E-state index contributed by atoms with van der Waals surface area (Å²) < 4.78 is 2.36. The first kappa shape index (κ1) is 17.4. The normalized spacial score (nSPS) is 20.9. The van der Waals surface area contributed by atoms with E-state index in [1.165, 1.54) is 11.9 Å². The number of nitrogens with zero attached hydrogens (tertiary/aromatic N) is 4. The maximum atomic E-state index is 12.9. The molecular formula is C21H30N4O. The first-order valence-corrected chi connectivity index (χ1v) is 10.3. The standard InChI is InChI=1S/C21H30N4O/c1-2-3-15-25-19-11-5-4-10-18(19)22-21(25)24-14-8-9-17(16-24)20(26)23-12-6-7-13-23/h4-5,10-11,17H,2-3,6-9,12-16H2,1H3/t17-/m1/s1. The molecule has 140 valence electrons. The molecule has 1 aromatic carbocycles. The molecule has 2 aliphatic rings. The van der Waals surface area contributed by atoms with Gasteiger partial charge in [-0.25, -0.2) is 4.98 Å². The molecule has 5 nitrogen and oxygen atoms in total. The van der Waals surface area contributed by atoms with Crippen molar-refractivity contribution in [2.24, 2.45) is 5.92 Å². The highest BCUT2D eigenvalue weighted by Gasteiger charge is 2.32. The maximum absolute atomic E-state index is 12.9. The van der Waals surface area contributed by atoms with Gasteiger partial charge in [-0.15, -0.1) is 0 Å². The summed E-state index contributed by atoms with van der Waals surface area (Å²) >= 11 is 0. The van der Waals surface area contributed by atoms with Crippen LogP contribution in [0.5, 0.6) is 0 Å². The molecule has 2 aromatic rings. The third-order valence-corrected chi connectivity index (χ3v) is 5.84. The quantitative estimate of drug-likeness (QED) is 0.822. The highest BCUT2D eigenvalue weighted by Crippen LogP contribution is 2.28. The fourth-order valence-electron chi connectivity index (χ4n) is 4.40. The van der Waals surface area contributed by atoms with E-state index in [1.54, 1.807) is 0 Å². The highest BCUT2D eigenvalue weighted by molar-refractivity contribution is 5.81. The van der Waals surface area contributed by atoms with Crippen LogP contribution in [0.15, 0.2) is 24.3 Å². The molecule has 0 saturated carbocycles. The van der Waals surface area contributed by atoms with Gasteiger partial charge in [0.05, 0.1) is 17.0 Å². The van der Waals surface area contributed by atoms with Crippen molar-refractivity contribution in [1.82, 2.24) is 14.5 Å². The number of aromatic nitrogens is 2. The lowest BCUT2D eigenvalue weighted by molar-refractivity contribution is -0.134. The van der Waals surface area contributed by atoms with Crippen LogP contribution >= 0.6 is 0 Å². The van der Waals surface area contributed by atoms with Gasteiger partial charge >= 0.3 is 0 Å². The van der Waals surface area contributed by atoms with Crippen LogP contribution < -0.4 is 4.90 Å². The van der Waals surface area contributed by atoms with E-state index in [4.69, 9.17) is 4.98 Å². The average Bonchev–Trinajstić information content (AvgIpc) is 3.34. The lowest BCUT2D eigenvalue weighted by Gasteiger charge is -2.34. The van der Waals surface area contributed by atoms with E-state index in [-0.39, 0.29) is 5.92 Å². The molecule has 1 amide bonds. The molecule has 0 N–H and O–H groups in total. The monoisotopic (exact) mass is 354 g/mol. The number of rotatable bonds is 5. The summed E-state index contributed by atoms with van der Waals surface area (Å²) in [6.45, 7) is 6.93. The smallest absolute Gasteiger partial charge is 0.227 e. The SMILES string of the molecule is CCCCn1c(N2CCC[C@@H](C(=O)N3CCCC3)C2)nc2ccccc21. The van der Waals surface area contributed by atoms with Crippen LogP contribution in [0.1, 0.15) is 45.4 Å². The van der Waals surface area contributed by atoms with Gasteiger partial charge in [0.2, 0.25) is 11.9 Å². The van der Waals surface area contributed by atoms with E-state index in [1.807, 2.05) is 0 Å². The van der Waals surface area contributed by atoms with Crippen molar-refractivity contribution in [2.45, 2.75) is 52.0 Å². The van der Waals surface area contributed by atoms with Crippen LogP contribution in [0.25, 0.3) is 11.0 Å². The molecule has 2 saturated heterocycles. The van der Waals surface area contributed by atoms with Crippen LogP contribution in [-0.2, 0) is 11.3 Å². The van der Waals surface area contributed by atoms with Crippen molar-refractivity contribution >= 4 is 22.9 Å². The van der Waals surface area contributed by atoms with Crippen molar-refractivity contribution in [3.63, 3.8) is 0 Å². The number of benzene rings is 1. The number of piperidine rings is 1. The molecule has 0 unspecified atom stereocenters. The van der Waals surface area contributed by atoms with Gasteiger partial charge in [0, 0.05) is 32.7 Å². The Morgan fingerprint density at radius 2 is 1.96 bits per heavy atom. The summed E-state index contributed by atoms with van der Waals surface area (Å²) in [6, 6.07) is 8.40. The van der Waals surface area contributed by atoms with Gasteiger partial charge in [0.15, 0.2) is 0 Å². The van der Waals surface area contributed by atoms with Gasteiger partial charge in [0.25, 0.3) is 0 Å². The number of likely N-dealkylation sites (tertiary alicyclic amines) is 1. The Bertz CT molecular complexity index is 762. The second kappa shape index (κ2) is 7.68. The number of aryl methyl sites for hydroxylation is 1. The van der Waals surface area contributed by atoms with Gasteiger partial charge in [-0.1, -0.05) is 25.5 Å². The lowest BCUT2D eigenvalue weighted by atomic mass is 9.97. The van der Waals surface area contributed by atoms with Crippen LogP contribution in [0.4, 0.5) is 5.95 Å². The molecule has 3 heterocycles. The lowest BCUT2D eigenvalue weighted by Crippen LogP contribution is -2.44. The molecule has 0 spiro atoms. The zero-order valence-corrected chi connectivity index (χ0v) is 15.9. The molecule has 1 atom stereocenters. The molecule has 0 bridgehead atoms. The van der Waals surface area contributed by atoms with E-state index in [2.05, 4.69) is 45.6 Å². The number of unbranched alkanes of at least 4 members (excludes halogenated alkanes) is 1. The van der Waals surface area contributed by atoms with Crippen molar-refractivity contribution in [1.29, 1.82) is 0 Å². The van der Waals surface area contributed by atoms with Gasteiger partial charge in [-0.2, -0.15) is 0 Å². The molecule has 2 fully saturated rings. The summed E-state index contributed by atoms with van der Waals surface area (Å²) in [5.41, 5.74) is 2.27. The molecule has 2 aliphatic heterocycles. The van der Waals surface area contributed by atoms with E-state index in [9.17, 15) is 4.79 Å².